The van der Waals surface area contributed by atoms with Gasteiger partial charge < -0.3 is 10.0 Å². The number of nitro groups is 1. The predicted octanol–water partition coefficient (Wildman–Crippen LogP) is 1.71. The zero-order chi connectivity index (χ0) is 13.6. The van der Waals surface area contributed by atoms with Gasteiger partial charge in [0.25, 0.3) is 5.69 Å². The molecule has 98 valence electrons. The van der Waals surface area contributed by atoms with Crippen molar-refractivity contribution in [3.63, 3.8) is 0 Å². The number of β-amino-alcohol motifs (C(OH)–C–C–N with tert-alkyl or cyclic N) is 1. The largest absolute Gasteiger partial charge is 0.386 e. The van der Waals surface area contributed by atoms with Crippen molar-refractivity contribution in [2.24, 2.45) is 0 Å². The van der Waals surface area contributed by atoms with Crippen LogP contribution in [0.4, 0.5) is 11.4 Å². The van der Waals surface area contributed by atoms with E-state index in [1.54, 1.807) is 31.3 Å². The van der Waals surface area contributed by atoms with Crippen LogP contribution in [-0.2, 0) is 0 Å². The predicted molar refractivity (Wildman–Crippen MR) is 71.2 cm³/mol. The van der Waals surface area contributed by atoms with Gasteiger partial charge in [-0.25, -0.2) is 0 Å². The maximum atomic E-state index is 11.0. The topological polar surface area (TPSA) is 79.5 Å². The first-order valence-electron chi connectivity index (χ1n) is 5.97. The minimum Gasteiger partial charge on any atom is -0.386 e. The minimum absolute atomic E-state index is 0.0548. The molecule has 0 unspecified atom stereocenters. The molecule has 1 N–H and O–H groups in total. The fourth-order valence-electron chi connectivity index (χ4n) is 2.50. The van der Waals surface area contributed by atoms with E-state index in [-0.39, 0.29) is 5.69 Å². The number of anilines is 1. The molecule has 19 heavy (non-hydrogen) atoms. The van der Waals surface area contributed by atoms with Gasteiger partial charge in [-0.05, 0) is 25.1 Å². The van der Waals surface area contributed by atoms with Gasteiger partial charge in [0.15, 0.2) is 0 Å². The highest BCUT2D eigenvalue weighted by Crippen LogP contribution is 2.35. The molecule has 3 rings (SSSR count). The van der Waals surface area contributed by atoms with Crippen LogP contribution in [0.2, 0.25) is 0 Å². The number of nitro benzene ring substituents is 1. The Kier molecular flexibility index (Phi) is 2.43. The molecule has 1 aromatic carbocycles. The van der Waals surface area contributed by atoms with Gasteiger partial charge in [0, 0.05) is 25.4 Å². The Bertz CT molecular complexity index is 661. The normalized spacial score (nSPS) is 17.3. The quantitative estimate of drug-likeness (QED) is 0.656. The van der Waals surface area contributed by atoms with Gasteiger partial charge in [-0.1, -0.05) is 0 Å². The Labute approximate surface area is 109 Å². The number of pyridine rings is 1. The van der Waals surface area contributed by atoms with Gasteiger partial charge in [0.2, 0.25) is 0 Å². The Balaban J connectivity index is 2.13. The summed E-state index contributed by atoms with van der Waals surface area (Å²) in [5.74, 6) is 0. The van der Waals surface area contributed by atoms with Gasteiger partial charge in [-0.2, -0.15) is 0 Å². The SMILES string of the molecule is CC1(O)CN(c2ccc([N+](=O)[O-])c3cccnc23)C1. The summed E-state index contributed by atoms with van der Waals surface area (Å²) in [4.78, 5) is 16.8. The minimum atomic E-state index is -0.692. The summed E-state index contributed by atoms with van der Waals surface area (Å²) in [6.07, 6.45) is 1.62. The fourth-order valence-corrected chi connectivity index (χ4v) is 2.50. The highest BCUT2D eigenvalue weighted by atomic mass is 16.6. The van der Waals surface area contributed by atoms with Crippen molar-refractivity contribution in [2.45, 2.75) is 12.5 Å². The van der Waals surface area contributed by atoms with Gasteiger partial charge in [-0.3, -0.25) is 15.1 Å². The highest BCUT2D eigenvalue weighted by molar-refractivity contribution is 5.97. The van der Waals surface area contributed by atoms with Crippen molar-refractivity contribution < 1.29 is 10.0 Å². The van der Waals surface area contributed by atoms with Crippen LogP contribution in [0, 0.1) is 10.1 Å². The number of fused-ring (bicyclic) bond motifs is 1. The molecule has 6 nitrogen and oxygen atoms in total. The van der Waals surface area contributed by atoms with Crippen LogP contribution in [0.3, 0.4) is 0 Å². The van der Waals surface area contributed by atoms with Gasteiger partial charge in [0.1, 0.15) is 5.52 Å². The van der Waals surface area contributed by atoms with Crippen molar-refractivity contribution in [3.8, 4) is 0 Å². The van der Waals surface area contributed by atoms with E-state index in [0.29, 0.717) is 24.0 Å². The molecule has 1 aliphatic rings. The van der Waals surface area contributed by atoms with E-state index < -0.39 is 10.5 Å². The molecular weight excluding hydrogens is 246 g/mol. The van der Waals surface area contributed by atoms with E-state index in [1.807, 2.05) is 4.90 Å². The third-order valence-electron chi connectivity index (χ3n) is 3.33. The smallest absolute Gasteiger partial charge is 0.278 e. The maximum absolute atomic E-state index is 11.0. The van der Waals surface area contributed by atoms with Crippen LogP contribution in [0.5, 0.6) is 0 Å². The van der Waals surface area contributed by atoms with Crippen molar-refractivity contribution in [2.75, 3.05) is 18.0 Å². The molecule has 0 atom stereocenters. The third kappa shape index (κ3) is 1.90. The first-order valence-corrected chi connectivity index (χ1v) is 5.97. The van der Waals surface area contributed by atoms with Crippen LogP contribution in [0.1, 0.15) is 6.92 Å². The Morgan fingerprint density at radius 3 is 2.79 bits per heavy atom. The summed E-state index contributed by atoms with van der Waals surface area (Å²) in [5.41, 5.74) is 0.794. The number of non-ortho nitro benzene ring substituents is 1. The third-order valence-corrected chi connectivity index (χ3v) is 3.33. The number of aromatic nitrogens is 1. The monoisotopic (exact) mass is 259 g/mol. The number of hydrogen-bond donors (Lipinski definition) is 1. The highest BCUT2D eigenvalue weighted by Gasteiger charge is 2.37. The van der Waals surface area contributed by atoms with E-state index in [2.05, 4.69) is 4.98 Å². The summed E-state index contributed by atoms with van der Waals surface area (Å²) in [6.45, 7) is 2.79. The molecule has 1 fully saturated rings. The van der Waals surface area contributed by atoms with Gasteiger partial charge in [0.05, 0.1) is 21.6 Å². The van der Waals surface area contributed by atoms with Crippen LogP contribution in [0.25, 0.3) is 10.9 Å². The second kappa shape index (κ2) is 3.89. The zero-order valence-corrected chi connectivity index (χ0v) is 10.4. The summed E-state index contributed by atoms with van der Waals surface area (Å²) in [7, 11) is 0. The Hall–Kier alpha value is -2.21. The van der Waals surface area contributed by atoms with Gasteiger partial charge in [-0.15, -0.1) is 0 Å². The number of aliphatic hydroxyl groups is 1. The first kappa shape index (κ1) is 11.9. The molecular formula is C13H13N3O3. The van der Waals surface area contributed by atoms with Crippen LogP contribution < -0.4 is 4.90 Å². The molecule has 0 spiro atoms. The summed E-state index contributed by atoms with van der Waals surface area (Å²) >= 11 is 0. The second-order valence-corrected chi connectivity index (χ2v) is 5.11. The molecule has 1 aromatic heterocycles. The first-order chi connectivity index (χ1) is 8.98. The molecule has 2 aromatic rings. The summed E-state index contributed by atoms with van der Waals surface area (Å²) in [5, 5.41) is 21.3. The lowest BCUT2D eigenvalue weighted by atomic mass is 9.95. The molecule has 0 saturated carbocycles. The number of hydrogen-bond acceptors (Lipinski definition) is 5. The molecule has 0 radical (unpaired) electrons. The van der Waals surface area contributed by atoms with Crippen LogP contribution >= 0.6 is 0 Å². The molecule has 1 aliphatic heterocycles. The molecule has 2 heterocycles. The molecule has 1 saturated heterocycles. The lowest BCUT2D eigenvalue weighted by molar-refractivity contribution is -0.383. The standard InChI is InChI=1S/C13H13N3O3/c1-13(17)7-15(8-13)11-5-4-10(16(18)19)9-3-2-6-14-12(9)11/h2-6,17H,7-8H2,1H3. The molecule has 0 aliphatic carbocycles. The van der Waals surface area contributed by atoms with Crippen molar-refractivity contribution in [1.29, 1.82) is 0 Å². The summed E-state index contributed by atoms with van der Waals surface area (Å²) in [6, 6.07) is 6.57. The van der Waals surface area contributed by atoms with Crippen LogP contribution in [-0.4, -0.2) is 33.7 Å². The second-order valence-electron chi connectivity index (χ2n) is 5.11. The summed E-state index contributed by atoms with van der Waals surface area (Å²) < 4.78 is 0. The fraction of sp³-hybridized carbons (Fsp3) is 0.308. The van der Waals surface area contributed by atoms with E-state index in [9.17, 15) is 15.2 Å². The average Bonchev–Trinajstić information content (AvgIpc) is 2.34. The molecule has 0 bridgehead atoms. The van der Waals surface area contributed by atoms with Crippen molar-refractivity contribution >= 4 is 22.3 Å². The Morgan fingerprint density at radius 1 is 1.42 bits per heavy atom. The number of benzene rings is 1. The van der Waals surface area contributed by atoms with Gasteiger partial charge >= 0.3 is 0 Å². The molecule has 0 amide bonds. The van der Waals surface area contributed by atoms with E-state index in [0.717, 1.165) is 5.69 Å². The number of nitrogens with zero attached hydrogens (tertiary/aromatic N) is 3. The average molecular weight is 259 g/mol. The number of rotatable bonds is 2. The molecule has 6 heteroatoms. The van der Waals surface area contributed by atoms with Crippen molar-refractivity contribution in [1.82, 2.24) is 4.98 Å². The van der Waals surface area contributed by atoms with Crippen molar-refractivity contribution in [3.05, 3.63) is 40.6 Å². The van der Waals surface area contributed by atoms with E-state index in [1.165, 1.54) is 6.07 Å². The zero-order valence-electron chi connectivity index (χ0n) is 10.4. The lowest BCUT2D eigenvalue weighted by Crippen LogP contribution is -2.60. The van der Waals surface area contributed by atoms with E-state index in [4.69, 9.17) is 0 Å². The maximum Gasteiger partial charge on any atom is 0.278 e. The van der Waals surface area contributed by atoms with Crippen LogP contribution in [0.15, 0.2) is 30.5 Å². The Morgan fingerprint density at radius 2 is 2.16 bits per heavy atom. The lowest BCUT2D eigenvalue weighted by Gasteiger charge is -2.45. The van der Waals surface area contributed by atoms with E-state index >= 15 is 0 Å².